The van der Waals surface area contributed by atoms with Crippen LogP contribution in [-0.4, -0.2) is 51.9 Å². The molecule has 8 nitrogen and oxygen atoms in total. The van der Waals surface area contributed by atoms with E-state index in [1.165, 1.54) is 43.3 Å². The predicted octanol–water partition coefficient (Wildman–Crippen LogP) is 4.78. The van der Waals surface area contributed by atoms with Crippen LogP contribution in [0.1, 0.15) is 18.1 Å². The zero-order chi connectivity index (χ0) is 28.0. The van der Waals surface area contributed by atoms with Gasteiger partial charge in [-0.1, -0.05) is 57.4 Å². The summed E-state index contributed by atoms with van der Waals surface area (Å²) < 4.78 is 35.0. The van der Waals surface area contributed by atoms with Crippen LogP contribution in [0.25, 0.3) is 0 Å². The lowest BCUT2D eigenvalue weighted by molar-refractivity contribution is -0.139. The molecule has 0 saturated heterocycles. The molecule has 0 spiro atoms. The number of nitrogens with one attached hydrogen (secondary N) is 1. The van der Waals surface area contributed by atoms with Crippen LogP contribution in [0, 0.1) is 6.92 Å². The number of carbonyl (C=O) groups is 2. The smallest absolute Gasteiger partial charge is 0.264 e. The van der Waals surface area contributed by atoms with Crippen LogP contribution in [0.3, 0.4) is 0 Å². The summed E-state index contributed by atoms with van der Waals surface area (Å²) in [5.74, 6) is -0.754. The SMILES string of the molecule is CNC(=O)[C@@H](C)N(Cc1cccc(Br)c1)C(=O)CN(c1cc(Cl)ccc1OC)S(=O)(=O)c1ccc(C)cc1. The van der Waals surface area contributed by atoms with Crippen molar-refractivity contribution in [3.8, 4) is 5.75 Å². The maximum Gasteiger partial charge on any atom is 0.264 e. The van der Waals surface area contributed by atoms with Crippen molar-refractivity contribution >= 4 is 55.1 Å². The molecule has 0 aromatic heterocycles. The maximum absolute atomic E-state index is 13.9. The van der Waals surface area contributed by atoms with Crippen molar-refractivity contribution in [2.75, 3.05) is 25.0 Å². The number of ether oxygens (including phenoxy) is 1. The lowest BCUT2D eigenvalue weighted by atomic mass is 10.1. The Morgan fingerprint density at radius 3 is 2.37 bits per heavy atom. The number of anilines is 1. The minimum absolute atomic E-state index is 0.00387. The van der Waals surface area contributed by atoms with Gasteiger partial charge in [0.1, 0.15) is 18.3 Å². The minimum Gasteiger partial charge on any atom is -0.495 e. The van der Waals surface area contributed by atoms with E-state index in [1.54, 1.807) is 25.1 Å². The molecule has 0 aliphatic carbocycles. The highest BCUT2D eigenvalue weighted by Crippen LogP contribution is 2.35. The highest BCUT2D eigenvalue weighted by atomic mass is 79.9. The first-order chi connectivity index (χ1) is 18.0. The Morgan fingerprint density at radius 1 is 1.08 bits per heavy atom. The summed E-state index contributed by atoms with van der Waals surface area (Å²) in [5, 5.41) is 2.82. The zero-order valence-electron chi connectivity index (χ0n) is 21.4. The molecule has 3 aromatic rings. The lowest BCUT2D eigenvalue weighted by Gasteiger charge is -2.32. The minimum atomic E-state index is -4.24. The van der Waals surface area contributed by atoms with Crippen LogP contribution in [0.4, 0.5) is 5.69 Å². The van der Waals surface area contributed by atoms with Crippen molar-refractivity contribution in [2.45, 2.75) is 31.3 Å². The Hall–Kier alpha value is -3.08. The normalized spacial score (nSPS) is 11.9. The van der Waals surface area contributed by atoms with Crippen molar-refractivity contribution < 1.29 is 22.7 Å². The number of likely N-dealkylation sites (N-methyl/N-ethyl adjacent to an activating group) is 1. The second-order valence-corrected chi connectivity index (χ2v) is 11.8. The number of sulfonamides is 1. The van der Waals surface area contributed by atoms with E-state index < -0.39 is 28.5 Å². The number of carbonyl (C=O) groups excluding carboxylic acids is 2. The molecule has 38 heavy (non-hydrogen) atoms. The molecule has 0 aliphatic rings. The van der Waals surface area contributed by atoms with Gasteiger partial charge in [-0.05, 0) is 61.9 Å². The standard InChI is InChI=1S/C27H29BrClN3O5S/c1-18-8-11-23(12-9-18)38(35,36)32(24-15-22(29)10-13-25(24)37-4)17-26(33)31(19(2)27(34)30-3)16-20-6-5-7-21(28)14-20/h5-15,19H,16-17H2,1-4H3,(H,30,34)/t19-/m1/s1. The zero-order valence-corrected chi connectivity index (χ0v) is 24.6. The molecule has 3 aromatic carbocycles. The van der Waals surface area contributed by atoms with Crippen molar-refractivity contribution in [1.82, 2.24) is 10.2 Å². The third-order valence-electron chi connectivity index (χ3n) is 5.95. The molecule has 0 radical (unpaired) electrons. The summed E-state index contributed by atoms with van der Waals surface area (Å²) in [4.78, 5) is 27.8. The summed E-state index contributed by atoms with van der Waals surface area (Å²) in [6.07, 6.45) is 0. The molecular weight excluding hydrogens is 594 g/mol. The molecule has 202 valence electrons. The van der Waals surface area contributed by atoms with Crippen molar-refractivity contribution in [3.63, 3.8) is 0 Å². The van der Waals surface area contributed by atoms with E-state index in [-0.39, 0.29) is 33.8 Å². The van der Waals surface area contributed by atoms with Gasteiger partial charge in [-0.2, -0.15) is 0 Å². The molecule has 2 amide bonds. The Bertz CT molecular complexity index is 1420. The Morgan fingerprint density at radius 2 is 1.76 bits per heavy atom. The molecule has 0 saturated carbocycles. The number of aryl methyl sites for hydroxylation is 1. The average Bonchev–Trinajstić information content (AvgIpc) is 2.89. The maximum atomic E-state index is 13.9. The first kappa shape index (κ1) is 29.5. The topological polar surface area (TPSA) is 96.0 Å². The van der Waals surface area contributed by atoms with Crippen LogP contribution in [0.2, 0.25) is 5.02 Å². The van der Waals surface area contributed by atoms with Crippen LogP contribution in [0.15, 0.2) is 76.1 Å². The van der Waals surface area contributed by atoms with Gasteiger partial charge in [-0.3, -0.25) is 13.9 Å². The largest absolute Gasteiger partial charge is 0.495 e. The van der Waals surface area contributed by atoms with E-state index in [2.05, 4.69) is 21.2 Å². The predicted molar refractivity (Wildman–Crippen MR) is 152 cm³/mol. The molecule has 0 aliphatic heterocycles. The molecule has 0 unspecified atom stereocenters. The molecule has 0 fully saturated rings. The van der Waals surface area contributed by atoms with Gasteiger partial charge in [0.2, 0.25) is 11.8 Å². The number of hydrogen-bond donors (Lipinski definition) is 1. The fourth-order valence-electron chi connectivity index (χ4n) is 3.83. The summed E-state index contributed by atoms with van der Waals surface area (Å²) in [6, 6.07) is 17.3. The first-order valence-corrected chi connectivity index (χ1v) is 14.3. The van der Waals surface area contributed by atoms with Gasteiger partial charge in [-0.15, -0.1) is 0 Å². The van der Waals surface area contributed by atoms with Gasteiger partial charge in [0.15, 0.2) is 0 Å². The van der Waals surface area contributed by atoms with Crippen LogP contribution in [-0.2, 0) is 26.2 Å². The van der Waals surface area contributed by atoms with Crippen LogP contribution in [0.5, 0.6) is 5.75 Å². The van der Waals surface area contributed by atoms with E-state index in [0.717, 1.165) is 19.9 Å². The lowest BCUT2D eigenvalue weighted by Crippen LogP contribution is -2.50. The van der Waals surface area contributed by atoms with Crippen molar-refractivity contribution in [2.24, 2.45) is 0 Å². The van der Waals surface area contributed by atoms with E-state index in [0.29, 0.717) is 0 Å². The molecule has 1 N–H and O–H groups in total. The Labute approximate surface area is 236 Å². The molecule has 0 heterocycles. The quantitative estimate of drug-likeness (QED) is 0.351. The number of methoxy groups -OCH3 is 1. The molecule has 11 heteroatoms. The summed E-state index contributed by atoms with van der Waals surface area (Å²) in [6.45, 7) is 2.92. The second-order valence-electron chi connectivity index (χ2n) is 8.58. The van der Waals surface area contributed by atoms with E-state index >= 15 is 0 Å². The van der Waals surface area contributed by atoms with E-state index in [4.69, 9.17) is 16.3 Å². The fraction of sp³-hybridized carbons (Fsp3) is 0.259. The fourth-order valence-corrected chi connectivity index (χ4v) is 5.86. The van der Waals surface area contributed by atoms with Gasteiger partial charge >= 0.3 is 0 Å². The molecule has 0 bridgehead atoms. The monoisotopic (exact) mass is 621 g/mol. The van der Waals surface area contributed by atoms with E-state index in [9.17, 15) is 18.0 Å². The number of nitrogens with zero attached hydrogens (tertiary/aromatic N) is 2. The average molecular weight is 623 g/mol. The third-order valence-corrected chi connectivity index (χ3v) is 8.46. The van der Waals surface area contributed by atoms with Crippen molar-refractivity contribution in [1.29, 1.82) is 0 Å². The van der Waals surface area contributed by atoms with Gasteiger partial charge in [0, 0.05) is 23.1 Å². The highest BCUT2D eigenvalue weighted by Gasteiger charge is 2.33. The first-order valence-electron chi connectivity index (χ1n) is 11.7. The van der Waals surface area contributed by atoms with Crippen LogP contribution < -0.4 is 14.4 Å². The number of rotatable bonds is 10. The van der Waals surface area contributed by atoms with E-state index in [1.807, 2.05) is 31.2 Å². The summed E-state index contributed by atoms with van der Waals surface area (Å²) in [7, 11) is -1.36. The molecule has 3 rings (SSSR count). The Kier molecular flexibility index (Phi) is 9.81. The van der Waals surface area contributed by atoms with Gasteiger partial charge in [0.05, 0.1) is 17.7 Å². The molecular formula is C27H29BrClN3O5S. The second kappa shape index (κ2) is 12.6. The third kappa shape index (κ3) is 6.86. The number of benzene rings is 3. The number of amides is 2. The van der Waals surface area contributed by atoms with Crippen LogP contribution >= 0.6 is 27.5 Å². The number of hydrogen-bond acceptors (Lipinski definition) is 5. The van der Waals surface area contributed by atoms with Crippen molar-refractivity contribution in [3.05, 3.63) is 87.4 Å². The summed E-state index contributed by atoms with van der Waals surface area (Å²) in [5.41, 5.74) is 1.74. The van der Waals surface area contributed by atoms with Gasteiger partial charge in [-0.25, -0.2) is 8.42 Å². The highest BCUT2D eigenvalue weighted by molar-refractivity contribution is 9.10. The number of halogens is 2. The van der Waals surface area contributed by atoms with Gasteiger partial charge < -0.3 is 15.0 Å². The summed E-state index contributed by atoms with van der Waals surface area (Å²) >= 11 is 9.66. The Balaban J connectivity index is 2.11. The molecule has 1 atom stereocenters. The van der Waals surface area contributed by atoms with Gasteiger partial charge in [0.25, 0.3) is 10.0 Å².